The second-order valence-electron chi connectivity index (χ2n) is 3.24. The summed E-state index contributed by atoms with van der Waals surface area (Å²) >= 11 is 0. The third kappa shape index (κ3) is 1.63. The van der Waals surface area contributed by atoms with Gasteiger partial charge in [0.05, 0.1) is 6.54 Å². The van der Waals surface area contributed by atoms with Crippen molar-refractivity contribution in [2.75, 3.05) is 13.6 Å². The van der Waals surface area contributed by atoms with Crippen LogP contribution >= 0.6 is 0 Å². The lowest BCUT2D eigenvalue weighted by atomic mass is 10.3. The summed E-state index contributed by atoms with van der Waals surface area (Å²) in [4.78, 5) is 23.7. The number of rotatable bonds is 1. The zero-order valence-electron chi connectivity index (χ0n) is 8.14. The molecule has 0 fully saturated rings. The molecular weight excluding hydrogens is 200 g/mol. The third-order valence-electron chi connectivity index (χ3n) is 2.18. The molecule has 0 saturated heterocycles. The highest BCUT2D eigenvalue weighted by atomic mass is 16.6. The van der Waals surface area contributed by atoms with Crippen molar-refractivity contribution in [1.29, 1.82) is 0 Å². The van der Waals surface area contributed by atoms with Crippen LogP contribution in [0.5, 0.6) is 5.88 Å². The van der Waals surface area contributed by atoms with Crippen LogP contribution in [0, 0.1) is 0 Å². The number of hydrogen-bond donors (Lipinski definition) is 1. The highest BCUT2D eigenvalue weighted by Crippen LogP contribution is 2.16. The molecule has 1 aromatic heterocycles. The number of nitrogens with two attached hydrogens (primary N) is 1. The Morgan fingerprint density at radius 3 is 3.00 bits per heavy atom. The summed E-state index contributed by atoms with van der Waals surface area (Å²) in [6.45, 7) is 1.17. The molecule has 2 N–H and O–H groups in total. The summed E-state index contributed by atoms with van der Waals surface area (Å²) in [5.41, 5.74) is 5.24. The maximum atomic E-state index is 11.6. The smallest absolute Gasteiger partial charge is 0.390 e. The minimum atomic E-state index is -0.939. The van der Waals surface area contributed by atoms with Gasteiger partial charge in [0.15, 0.2) is 0 Å². The zero-order valence-corrected chi connectivity index (χ0v) is 8.14. The first-order chi connectivity index (χ1) is 7.08. The van der Waals surface area contributed by atoms with Crippen LogP contribution in [-0.2, 0) is 6.54 Å². The van der Waals surface area contributed by atoms with Crippen LogP contribution in [0.15, 0.2) is 6.07 Å². The van der Waals surface area contributed by atoms with Crippen LogP contribution in [0.1, 0.15) is 10.5 Å². The molecule has 0 saturated carbocycles. The van der Waals surface area contributed by atoms with E-state index in [9.17, 15) is 9.59 Å². The summed E-state index contributed by atoms with van der Waals surface area (Å²) in [5.74, 6) is -0.0887. The van der Waals surface area contributed by atoms with Gasteiger partial charge in [-0.2, -0.15) is 0 Å². The second kappa shape index (κ2) is 3.26. The third-order valence-corrected chi connectivity index (χ3v) is 2.18. The average Bonchev–Trinajstić information content (AvgIpc) is 2.54. The first-order valence-corrected chi connectivity index (χ1v) is 4.38. The monoisotopic (exact) mass is 210 g/mol. The van der Waals surface area contributed by atoms with E-state index in [0.29, 0.717) is 18.8 Å². The topological polar surface area (TPSA) is 90.4 Å². The molecule has 0 radical (unpaired) electrons. The van der Waals surface area contributed by atoms with Gasteiger partial charge in [0.1, 0.15) is 5.69 Å². The molecule has 0 unspecified atom stereocenters. The summed E-state index contributed by atoms with van der Waals surface area (Å²) in [6, 6.07) is 1.41. The van der Waals surface area contributed by atoms with Crippen molar-refractivity contribution in [3.8, 4) is 5.88 Å². The van der Waals surface area contributed by atoms with Crippen molar-refractivity contribution in [3.05, 3.63) is 11.8 Å². The Labute approximate surface area is 85.4 Å². The number of aromatic nitrogens is 2. The van der Waals surface area contributed by atoms with E-state index in [-0.39, 0.29) is 11.8 Å². The van der Waals surface area contributed by atoms with Crippen molar-refractivity contribution >= 4 is 12.0 Å². The molecule has 0 aromatic carbocycles. The molecule has 0 bridgehead atoms. The van der Waals surface area contributed by atoms with Gasteiger partial charge in [-0.05, 0) is 0 Å². The van der Waals surface area contributed by atoms with E-state index in [0.717, 1.165) is 0 Å². The van der Waals surface area contributed by atoms with Gasteiger partial charge in [-0.15, -0.1) is 5.10 Å². The predicted molar refractivity (Wildman–Crippen MR) is 49.4 cm³/mol. The molecule has 15 heavy (non-hydrogen) atoms. The molecule has 0 spiro atoms. The van der Waals surface area contributed by atoms with Crippen LogP contribution in [0.2, 0.25) is 0 Å². The van der Waals surface area contributed by atoms with E-state index < -0.39 is 6.09 Å². The molecule has 2 heterocycles. The van der Waals surface area contributed by atoms with Crippen molar-refractivity contribution in [1.82, 2.24) is 14.7 Å². The summed E-state index contributed by atoms with van der Waals surface area (Å²) < 4.78 is 6.09. The standard InChI is InChI=1S/C8H10N4O3/c1-11-2-3-12-5(7(11)13)4-6(10-12)15-8(9)14/h4H,2-3H2,1H3,(H2,9,14). The van der Waals surface area contributed by atoms with Gasteiger partial charge in [-0.25, -0.2) is 4.79 Å². The Morgan fingerprint density at radius 2 is 2.33 bits per heavy atom. The molecule has 2 rings (SSSR count). The maximum Gasteiger partial charge on any atom is 0.411 e. The molecule has 1 aliphatic rings. The fourth-order valence-electron chi connectivity index (χ4n) is 1.43. The Balaban J connectivity index is 2.31. The first kappa shape index (κ1) is 9.50. The number of primary amides is 1. The van der Waals surface area contributed by atoms with E-state index >= 15 is 0 Å². The molecule has 7 nitrogen and oxygen atoms in total. The number of carbonyl (C=O) groups is 2. The number of ether oxygens (including phenoxy) is 1. The molecule has 2 amide bonds. The number of likely N-dealkylation sites (N-methyl/N-ethyl adjacent to an activating group) is 1. The average molecular weight is 210 g/mol. The first-order valence-electron chi connectivity index (χ1n) is 4.38. The number of carbonyl (C=O) groups excluding carboxylic acids is 2. The number of hydrogen-bond acceptors (Lipinski definition) is 4. The lowest BCUT2D eigenvalue weighted by Crippen LogP contribution is -2.37. The van der Waals surface area contributed by atoms with Crippen molar-refractivity contribution in [2.24, 2.45) is 5.73 Å². The molecule has 7 heteroatoms. The van der Waals surface area contributed by atoms with Crippen LogP contribution in [-0.4, -0.2) is 40.3 Å². The van der Waals surface area contributed by atoms with Gasteiger partial charge in [0.2, 0.25) is 5.88 Å². The highest BCUT2D eigenvalue weighted by Gasteiger charge is 2.24. The normalized spacial score (nSPS) is 15.0. The molecule has 0 aliphatic carbocycles. The van der Waals surface area contributed by atoms with Crippen LogP contribution < -0.4 is 10.5 Å². The fourth-order valence-corrected chi connectivity index (χ4v) is 1.43. The SMILES string of the molecule is CN1CCn2nc(OC(N)=O)cc2C1=O. The van der Waals surface area contributed by atoms with Gasteiger partial charge in [0, 0.05) is 19.7 Å². The summed E-state index contributed by atoms with van der Waals surface area (Å²) in [5, 5.41) is 3.92. The lowest BCUT2D eigenvalue weighted by molar-refractivity contribution is 0.0743. The molecule has 0 atom stereocenters. The van der Waals surface area contributed by atoms with E-state index in [2.05, 4.69) is 9.84 Å². The van der Waals surface area contributed by atoms with Crippen LogP contribution in [0.3, 0.4) is 0 Å². The Kier molecular flexibility index (Phi) is 2.07. The van der Waals surface area contributed by atoms with Gasteiger partial charge >= 0.3 is 6.09 Å². The molecular formula is C8H10N4O3. The van der Waals surface area contributed by atoms with Crippen LogP contribution in [0.25, 0.3) is 0 Å². The Hall–Kier alpha value is -2.05. The summed E-state index contributed by atoms with van der Waals surface area (Å²) in [6.07, 6.45) is -0.939. The van der Waals surface area contributed by atoms with Crippen LogP contribution in [0.4, 0.5) is 4.79 Å². The Bertz CT molecular complexity index is 426. The lowest BCUT2D eigenvalue weighted by Gasteiger charge is -2.22. The zero-order chi connectivity index (χ0) is 11.0. The van der Waals surface area contributed by atoms with E-state index in [1.54, 1.807) is 11.9 Å². The van der Waals surface area contributed by atoms with Gasteiger partial charge in [-0.3, -0.25) is 9.48 Å². The largest absolute Gasteiger partial charge is 0.411 e. The quantitative estimate of drug-likeness (QED) is 0.671. The summed E-state index contributed by atoms with van der Waals surface area (Å²) in [7, 11) is 1.70. The van der Waals surface area contributed by atoms with Gasteiger partial charge < -0.3 is 15.4 Å². The second-order valence-corrected chi connectivity index (χ2v) is 3.24. The predicted octanol–water partition coefficient (Wildman–Crippen LogP) is -0.574. The van der Waals surface area contributed by atoms with Gasteiger partial charge in [0.25, 0.3) is 5.91 Å². The van der Waals surface area contributed by atoms with E-state index in [1.165, 1.54) is 10.7 Å². The van der Waals surface area contributed by atoms with Gasteiger partial charge in [-0.1, -0.05) is 0 Å². The van der Waals surface area contributed by atoms with E-state index in [4.69, 9.17) is 5.73 Å². The molecule has 1 aliphatic heterocycles. The minimum Gasteiger partial charge on any atom is -0.390 e. The maximum absolute atomic E-state index is 11.6. The fraction of sp³-hybridized carbons (Fsp3) is 0.375. The number of fused-ring (bicyclic) bond motifs is 1. The molecule has 80 valence electrons. The van der Waals surface area contributed by atoms with Crippen molar-refractivity contribution in [2.45, 2.75) is 6.54 Å². The highest BCUT2D eigenvalue weighted by molar-refractivity contribution is 5.93. The molecule has 1 aromatic rings. The Morgan fingerprint density at radius 1 is 1.60 bits per heavy atom. The number of amides is 2. The van der Waals surface area contributed by atoms with Crippen molar-refractivity contribution < 1.29 is 14.3 Å². The number of nitrogens with zero attached hydrogens (tertiary/aromatic N) is 3. The van der Waals surface area contributed by atoms with Crippen molar-refractivity contribution in [3.63, 3.8) is 0 Å². The van der Waals surface area contributed by atoms with E-state index in [1.807, 2.05) is 0 Å². The minimum absolute atomic E-state index is 0.0566.